The van der Waals surface area contributed by atoms with Crippen molar-refractivity contribution in [2.24, 2.45) is 0 Å². The smallest absolute Gasteiger partial charge is 0.306 e. The topological polar surface area (TPSA) is 0 Å². The molecule has 0 heterocycles. The van der Waals surface area contributed by atoms with Crippen LogP contribution in [0.1, 0.15) is 5.56 Å². The Labute approximate surface area is 85.1 Å². The number of rotatable bonds is 2. The van der Waals surface area contributed by atoms with E-state index in [2.05, 4.69) is 53.1 Å². The summed E-state index contributed by atoms with van der Waals surface area (Å²) in [6.45, 7) is 0. The first-order chi connectivity index (χ1) is 4.83. The fourth-order valence-electron chi connectivity index (χ4n) is 0.802. The summed E-state index contributed by atoms with van der Waals surface area (Å²) >= 11 is 6.96. The third-order valence-electron chi connectivity index (χ3n) is 1.27. The summed E-state index contributed by atoms with van der Waals surface area (Å²) in [5, 5.41) is 0. The van der Waals surface area contributed by atoms with E-state index in [4.69, 9.17) is 0 Å². The molecule has 0 aromatic heterocycles. The maximum Gasteiger partial charge on any atom is 0.473 e. The average Bonchev–Trinajstić information content (AvgIpc) is 1.88. The average molecular weight is 274 g/mol. The minimum Gasteiger partial charge on any atom is -0.306 e. The van der Waals surface area contributed by atoms with Crippen LogP contribution in [0.5, 0.6) is 0 Å². The molecule has 0 saturated heterocycles. The third-order valence-corrected chi connectivity index (χ3v) is 3.72. The normalized spacial score (nSPS) is 9.00. The first-order valence-electron chi connectivity index (χ1n) is 3.13. The van der Waals surface area contributed by atoms with E-state index < -0.39 is 0 Å². The minimum absolute atomic E-state index is 0.00861. The molecule has 50 valence electrons. The summed E-state index contributed by atoms with van der Waals surface area (Å²) in [5.74, 6) is 0. The maximum atomic E-state index is 3.53. The Morgan fingerprint density at radius 3 is 2.80 bits per heavy atom. The van der Waals surface area contributed by atoms with Gasteiger partial charge in [0.2, 0.25) is 0 Å². The monoisotopic (exact) mass is 272 g/mol. The summed E-state index contributed by atoms with van der Waals surface area (Å²) in [5.41, 5.74) is 1.43. The molecule has 1 aromatic carbocycles. The van der Waals surface area contributed by atoms with Gasteiger partial charge in [-0.3, -0.25) is 0 Å². The molecule has 0 aliphatic heterocycles. The second kappa shape index (κ2) is 4.75. The Hall–Kier alpha value is 0.946. The van der Waals surface area contributed by atoms with Crippen molar-refractivity contribution >= 4 is 47.0 Å². The molecule has 0 aliphatic rings. The molecule has 0 aliphatic carbocycles. The van der Waals surface area contributed by atoms with Crippen LogP contribution in [0, 0.1) is 0 Å². The van der Waals surface area contributed by atoms with E-state index in [0.717, 1.165) is 0 Å². The first kappa shape index (κ1) is 9.04. The molecule has 0 fully saturated rings. The summed E-state index contributed by atoms with van der Waals surface area (Å²) < 4.78 is 2.42. The highest BCUT2D eigenvalue weighted by Crippen LogP contribution is 2.11. The van der Waals surface area contributed by atoms with Crippen LogP contribution < -0.4 is 0 Å². The van der Waals surface area contributed by atoms with Crippen molar-refractivity contribution in [1.29, 1.82) is 0 Å². The van der Waals surface area contributed by atoms with Gasteiger partial charge in [-0.1, -0.05) is 33.6 Å². The van der Waals surface area contributed by atoms with Crippen LogP contribution >= 0.6 is 28.8 Å². The van der Waals surface area contributed by atoms with Gasteiger partial charge in [-0.05, 0) is 12.1 Å². The van der Waals surface area contributed by atoms with Gasteiger partial charge in [0, 0.05) is 4.47 Å². The molecule has 0 saturated carbocycles. The van der Waals surface area contributed by atoms with Gasteiger partial charge < -0.3 is 12.9 Å². The summed E-state index contributed by atoms with van der Waals surface area (Å²) in [4.78, 5) is 0. The highest BCUT2D eigenvalue weighted by molar-refractivity contribution is 9.23. The molecular weight excluding hydrogens is 268 g/mol. The van der Waals surface area contributed by atoms with Crippen molar-refractivity contribution in [3.05, 3.63) is 34.3 Å². The van der Waals surface area contributed by atoms with Gasteiger partial charge in [0.25, 0.3) is 0 Å². The molecule has 0 unspecified atom stereocenters. The molecular formula is C7H6Br2Mg. The predicted octanol–water partition coefficient (Wildman–Crippen LogP) is 2.96. The Kier molecular flexibility index (Phi) is 4.29. The highest BCUT2D eigenvalue weighted by atomic mass is 79.9. The molecule has 3 heteroatoms. The van der Waals surface area contributed by atoms with Crippen molar-refractivity contribution < 1.29 is 0 Å². The SMILES string of the molecule is [Br][Mg][CH2]c1cccc(Br)c1. The summed E-state index contributed by atoms with van der Waals surface area (Å²) in [6.07, 6.45) is 0. The molecule has 0 radical (unpaired) electrons. The van der Waals surface area contributed by atoms with Crippen LogP contribution in [0.15, 0.2) is 28.7 Å². The van der Waals surface area contributed by atoms with E-state index in [9.17, 15) is 0 Å². The fraction of sp³-hybridized carbons (Fsp3) is 0.143. The Bertz CT molecular complexity index is 213. The molecule has 0 amide bonds. The number of hydrogen-bond donors (Lipinski definition) is 0. The second-order valence-corrected chi connectivity index (χ2v) is 6.24. The van der Waals surface area contributed by atoms with Gasteiger partial charge >= 0.3 is 18.2 Å². The zero-order valence-electron chi connectivity index (χ0n) is 5.48. The zero-order valence-corrected chi connectivity index (χ0v) is 10.1. The minimum atomic E-state index is -0.00861. The standard InChI is InChI=1S/C7H6Br.BrH.Mg/c1-6-3-2-4-7(8)5-6;;/h2-5H,1H2;1H;/q;;+1/p-1. The number of benzene rings is 1. The van der Waals surface area contributed by atoms with E-state index >= 15 is 0 Å². The number of halogens is 2. The lowest BCUT2D eigenvalue weighted by molar-refractivity contribution is 1.39. The largest absolute Gasteiger partial charge is 0.473 e. The quantitative estimate of drug-likeness (QED) is 0.727. The fourth-order valence-corrected chi connectivity index (χ4v) is 3.15. The molecule has 0 spiro atoms. The zero-order chi connectivity index (χ0) is 7.40. The molecule has 0 atom stereocenters. The lowest BCUT2D eigenvalue weighted by Crippen LogP contribution is -1.86. The lowest BCUT2D eigenvalue weighted by atomic mass is 10.2. The van der Waals surface area contributed by atoms with E-state index in [0.29, 0.717) is 0 Å². The van der Waals surface area contributed by atoms with Gasteiger partial charge in [-0.25, -0.2) is 0 Å². The van der Waals surface area contributed by atoms with Crippen molar-refractivity contribution in [2.75, 3.05) is 0 Å². The Morgan fingerprint density at radius 1 is 1.40 bits per heavy atom. The molecule has 0 bridgehead atoms. The Balaban J connectivity index is 2.75. The second-order valence-electron chi connectivity index (χ2n) is 2.07. The van der Waals surface area contributed by atoms with Crippen LogP contribution in [-0.4, -0.2) is 18.2 Å². The Morgan fingerprint density at radius 2 is 2.20 bits per heavy atom. The van der Waals surface area contributed by atoms with E-state index in [1.807, 2.05) is 0 Å². The third kappa shape index (κ3) is 2.90. The van der Waals surface area contributed by atoms with Gasteiger partial charge in [-0.15, -0.1) is 4.55 Å². The van der Waals surface area contributed by atoms with Crippen LogP contribution in [0.25, 0.3) is 0 Å². The van der Waals surface area contributed by atoms with Gasteiger partial charge in [0.05, 0.1) is 0 Å². The van der Waals surface area contributed by atoms with Gasteiger partial charge in [0.15, 0.2) is 0 Å². The molecule has 1 aromatic rings. The van der Waals surface area contributed by atoms with Crippen molar-refractivity contribution in [3.63, 3.8) is 0 Å². The van der Waals surface area contributed by atoms with Gasteiger partial charge in [0.1, 0.15) is 0 Å². The molecule has 10 heavy (non-hydrogen) atoms. The summed E-state index contributed by atoms with van der Waals surface area (Å²) in [6, 6.07) is 8.48. The molecule has 0 nitrogen and oxygen atoms in total. The van der Waals surface area contributed by atoms with Crippen LogP contribution in [0.2, 0.25) is 0 Å². The van der Waals surface area contributed by atoms with E-state index in [1.165, 1.54) is 14.6 Å². The molecule has 0 N–H and O–H groups in total. The van der Waals surface area contributed by atoms with Crippen molar-refractivity contribution in [2.45, 2.75) is 4.55 Å². The van der Waals surface area contributed by atoms with Crippen molar-refractivity contribution in [3.8, 4) is 0 Å². The maximum absolute atomic E-state index is 3.53. The lowest BCUT2D eigenvalue weighted by Gasteiger charge is -1.96. The van der Waals surface area contributed by atoms with Crippen LogP contribution in [0.3, 0.4) is 0 Å². The first-order valence-corrected chi connectivity index (χ1v) is 8.82. The van der Waals surface area contributed by atoms with E-state index in [-0.39, 0.29) is 18.2 Å². The van der Waals surface area contributed by atoms with E-state index in [1.54, 1.807) is 0 Å². The summed E-state index contributed by atoms with van der Waals surface area (Å²) in [7, 11) is 0. The van der Waals surface area contributed by atoms with Gasteiger partial charge in [-0.2, -0.15) is 0 Å². The van der Waals surface area contributed by atoms with Crippen molar-refractivity contribution in [1.82, 2.24) is 0 Å². The number of hydrogen-bond acceptors (Lipinski definition) is 0. The van der Waals surface area contributed by atoms with Crippen LogP contribution in [0.4, 0.5) is 0 Å². The van der Waals surface area contributed by atoms with Crippen LogP contribution in [-0.2, 0) is 4.55 Å². The predicted molar refractivity (Wildman–Crippen MR) is 52.5 cm³/mol. The highest BCUT2D eigenvalue weighted by Gasteiger charge is 1.93. The molecule has 1 rings (SSSR count).